The summed E-state index contributed by atoms with van der Waals surface area (Å²) in [6.07, 6.45) is 0.299. The average Bonchev–Trinajstić information content (AvgIpc) is 2.45. The molecule has 1 aliphatic rings. The summed E-state index contributed by atoms with van der Waals surface area (Å²) in [5, 5.41) is 0.501. The molecule has 1 fully saturated rings. The van der Waals surface area contributed by atoms with Gasteiger partial charge in [-0.3, -0.25) is 9.35 Å². The predicted molar refractivity (Wildman–Crippen MR) is 59.3 cm³/mol. The van der Waals surface area contributed by atoms with Gasteiger partial charge in [-0.05, 0) is 13.3 Å². The average molecular weight is 281 g/mol. The number of amides is 3. The fraction of sp³-hybridized carbons (Fsp3) is 0.750. The van der Waals surface area contributed by atoms with E-state index in [2.05, 4.69) is 4.28 Å². The van der Waals surface area contributed by atoms with Crippen LogP contribution in [0.15, 0.2) is 0 Å². The molecule has 1 unspecified atom stereocenters. The molecule has 0 aliphatic carbocycles. The minimum absolute atomic E-state index is 0.0792. The Morgan fingerprint density at radius 3 is 2.61 bits per heavy atom. The monoisotopic (exact) mass is 281 g/mol. The minimum atomic E-state index is -4.79. The third kappa shape index (κ3) is 3.09. The lowest BCUT2D eigenvalue weighted by Gasteiger charge is -2.23. The highest BCUT2D eigenvalue weighted by molar-refractivity contribution is 7.80. The number of rotatable bonds is 5. The summed E-state index contributed by atoms with van der Waals surface area (Å²) in [6, 6.07) is -2.30. The van der Waals surface area contributed by atoms with Gasteiger partial charge >= 0.3 is 16.4 Å². The van der Waals surface area contributed by atoms with Gasteiger partial charge in [0.1, 0.15) is 6.04 Å². The zero-order chi connectivity index (χ0) is 14.1. The molecule has 10 heteroatoms. The lowest BCUT2D eigenvalue weighted by Crippen LogP contribution is -2.46. The number of hydrogen-bond acceptors (Lipinski definition) is 5. The second-order valence-corrected chi connectivity index (χ2v) is 4.94. The molecule has 3 N–H and O–H groups in total. The van der Waals surface area contributed by atoms with Crippen LogP contribution in [0.1, 0.15) is 20.3 Å². The summed E-state index contributed by atoms with van der Waals surface area (Å²) in [4.78, 5) is 24.1. The van der Waals surface area contributed by atoms with E-state index in [0.29, 0.717) is 11.5 Å². The summed E-state index contributed by atoms with van der Waals surface area (Å²) >= 11 is 0. The number of urea groups is 1. The maximum atomic E-state index is 11.8. The molecule has 104 valence electrons. The number of nitrogens with two attached hydrogens (primary N) is 1. The van der Waals surface area contributed by atoms with Crippen molar-refractivity contribution in [2.45, 2.75) is 32.4 Å². The zero-order valence-corrected chi connectivity index (χ0v) is 10.8. The van der Waals surface area contributed by atoms with Crippen molar-refractivity contribution >= 4 is 22.3 Å². The summed E-state index contributed by atoms with van der Waals surface area (Å²) in [6.45, 7) is 3.26. The molecule has 0 saturated carbocycles. The van der Waals surface area contributed by atoms with Crippen molar-refractivity contribution in [3.05, 3.63) is 0 Å². The molecular formula is C8H15N3O6S. The first kappa shape index (κ1) is 14.7. The standard InChI is InChI=1S/C8H15N3O6S/c1-3-6(7(9)12)10-4-5(2)11(8(10)13)17-18(14,15)16/h5-6H,3-4H2,1-2H3,(H2,9,12)(H,14,15,16)/t5?,6-/m0/s1. The van der Waals surface area contributed by atoms with Crippen LogP contribution in [-0.2, 0) is 19.5 Å². The molecular weight excluding hydrogens is 266 g/mol. The number of primary amides is 1. The molecule has 2 atom stereocenters. The smallest absolute Gasteiger partial charge is 0.368 e. The fourth-order valence-corrected chi connectivity index (χ4v) is 2.21. The molecule has 1 aliphatic heterocycles. The van der Waals surface area contributed by atoms with Gasteiger partial charge in [0.05, 0.1) is 6.04 Å². The molecule has 1 rings (SSSR count). The number of hydrogen-bond donors (Lipinski definition) is 2. The molecule has 0 aromatic carbocycles. The quantitative estimate of drug-likeness (QED) is 0.629. The van der Waals surface area contributed by atoms with E-state index in [9.17, 15) is 18.0 Å². The van der Waals surface area contributed by atoms with Crippen LogP contribution in [0.5, 0.6) is 0 Å². The molecule has 1 heterocycles. The van der Waals surface area contributed by atoms with Gasteiger partial charge in [-0.25, -0.2) is 4.79 Å². The second-order valence-electron chi connectivity index (χ2n) is 3.94. The van der Waals surface area contributed by atoms with Gasteiger partial charge in [0.2, 0.25) is 5.91 Å². The Labute approximate surface area is 104 Å². The number of carbonyl (C=O) groups excluding carboxylic acids is 2. The van der Waals surface area contributed by atoms with E-state index in [1.54, 1.807) is 6.92 Å². The second kappa shape index (κ2) is 5.08. The van der Waals surface area contributed by atoms with Crippen LogP contribution in [0.3, 0.4) is 0 Å². The molecule has 3 amide bonds. The van der Waals surface area contributed by atoms with Crippen LogP contribution >= 0.6 is 0 Å². The lowest BCUT2D eigenvalue weighted by atomic mass is 10.2. The van der Waals surface area contributed by atoms with E-state index in [4.69, 9.17) is 10.3 Å². The highest BCUT2D eigenvalue weighted by atomic mass is 32.3. The van der Waals surface area contributed by atoms with Gasteiger partial charge < -0.3 is 10.6 Å². The molecule has 0 bridgehead atoms. The van der Waals surface area contributed by atoms with E-state index in [1.165, 1.54) is 6.92 Å². The van der Waals surface area contributed by atoms with E-state index in [1.807, 2.05) is 0 Å². The van der Waals surface area contributed by atoms with Crippen LogP contribution in [0.25, 0.3) is 0 Å². The van der Waals surface area contributed by atoms with Gasteiger partial charge in [-0.2, -0.15) is 13.5 Å². The highest BCUT2D eigenvalue weighted by Crippen LogP contribution is 2.21. The number of carbonyl (C=O) groups is 2. The predicted octanol–water partition coefficient (Wildman–Crippen LogP) is -0.889. The van der Waals surface area contributed by atoms with Crippen LogP contribution in [-0.4, -0.2) is 53.5 Å². The molecule has 1 saturated heterocycles. The van der Waals surface area contributed by atoms with Gasteiger partial charge in [0.25, 0.3) is 0 Å². The maximum Gasteiger partial charge on any atom is 0.418 e. The fourth-order valence-electron chi connectivity index (χ4n) is 1.79. The minimum Gasteiger partial charge on any atom is -0.368 e. The first-order valence-corrected chi connectivity index (χ1v) is 6.60. The van der Waals surface area contributed by atoms with E-state index < -0.39 is 34.4 Å². The molecule has 0 aromatic rings. The Bertz CT molecular complexity index is 450. The van der Waals surface area contributed by atoms with Gasteiger partial charge in [0.15, 0.2) is 0 Å². The Morgan fingerprint density at radius 2 is 2.22 bits per heavy atom. The van der Waals surface area contributed by atoms with Gasteiger partial charge in [0, 0.05) is 6.54 Å². The molecule has 0 aromatic heterocycles. The summed E-state index contributed by atoms with van der Waals surface area (Å²) < 4.78 is 33.9. The van der Waals surface area contributed by atoms with Crippen molar-refractivity contribution in [1.29, 1.82) is 0 Å². The van der Waals surface area contributed by atoms with Crippen molar-refractivity contribution in [3.63, 3.8) is 0 Å². The van der Waals surface area contributed by atoms with Gasteiger partial charge in [-0.15, -0.1) is 4.28 Å². The van der Waals surface area contributed by atoms with Crippen LogP contribution in [0.2, 0.25) is 0 Å². The van der Waals surface area contributed by atoms with Crippen molar-refractivity contribution in [1.82, 2.24) is 9.96 Å². The summed E-state index contributed by atoms with van der Waals surface area (Å²) in [5.74, 6) is -0.688. The van der Waals surface area contributed by atoms with Crippen molar-refractivity contribution in [2.24, 2.45) is 5.73 Å². The third-order valence-corrected chi connectivity index (χ3v) is 2.91. The first-order chi connectivity index (χ1) is 8.17. The normalized spacial score (nSPS) is 22.4. The third-order valence-electron chi connectivity index (χ3n) is 2.56. The van der Waals surface area contributed by atoms with E-state index >= 15 is 0 Å². The number of nitrogens with zero attached hydrogens (tertiary/aromatic N) is 2. The highest BCUT2D eigenvalue weighted by Gasteiger charge is 2.42. The molecule has 9 nitrogen and oxygen atoms in total. The van der Waals surface area contributed by atoms with E-state index in [-0.39, 0.29) is 6.54 Å². The SMILES string of the molecule is CC[C@@H](C(N)=O)N1CC(C)N(OS(=O)(=O)O)C1=O. The van der Waals surface area contributed by atoms with Crippen molar-refractivity contribution < 1.29 is 26.8 Å². The molecule has 18 heavy (non-hydrogen) atoms. The van der Waals surface area contributed by atoms with E-state index in [0.717, 1.165) is 4.90 Å². The largest absolute Gasteiger partial charge is 0.418 e. The Hall–Kier alpha value is -1.39. The Balaban J connectivity index is 2.90. The van der Waals surface area contributed by atoms with Gasteiger partial charge in [-0.1, -0.05) is 6.92 Å². The summed E-state index contributed by atoms with van der Waals surface area (Å²) in [5.41, 5.74) is 5.15. The number of hydroxylamine groups is 2. The van der Waals surface area contributed by atoms with Crippen LogP contribution < -0.4 is 5.73 Å². The lowest BCUT2D eigenvalue weighted by molar-refractivity contribution is -0.122. The zero-order valence-electron chi connectivity index (χ0n) is 9.94. The summed E-state index contributed by atoms with van der Waals surface area (Å²) in [7, 11) is -4.79. The maximum absolute atomic E-state index is 11.8. The Morgan fingerprint density at radius 1 is 1.67 bits per heavy atom. The topological polar surface area (TPSA) is 130 Å². The van der Waals surface area contributed by atoms with Crippen molar-refractivity contribution in [2.75, 3.05) is 6.54 Å². The van der Waals surface area contributed by atoms with Crippen LogP contribution in [0.4, 0.5) is 4.79 Å². The Kier molecular flexibility index (Phi) is 4.14. The molecule has 0 radical (unpaired) electrons. The van der Waals surface area contributed by atoms with Crippen LogP contribution in [0, 0.1) is 0 Å². The van der Waals surface area contributed by atoms with Crippen molar-refractivity contribution in [3.8, 4) is 0 Å². The first-order valence-electron chi connectivity index (χ1n) is 5.23. The molecule has 0 spiro atoms.